The van der Waals surface area contributed by atoms with E-state index in [2.05, 4.69) is 52.2 Å². The summed E-state index contributed by atoms with van der Waals surface area (Å²) in [5.74, 6) is 0.107. The number of benzene rings is 2. The second-order valence-corrected chi connectivity index (χ2v) is 10.2. The van der Waals surface area contributed by atoms with Crippen LogP contribution in [0.2, 0.25) is 0 Å². The van der Waals surface area contributed by atoms with Gasteiger partial charge in [0.05, 0.1) is 4.88 Å². The minimum absolute atomic E-state index is 0.00683. The lowest BCUT2D eigenvalue weighted by Crippen LogP contribution is -2.30. The molecule has 1 aliphatic heterocycles. The maximum Gasteiger partial charge on any atom is 0.261 e. The van der Waals surface area contributed by atoms with Crippen molar-refractivity contribution in [2.24, 2.45) is 12.8 Å². The zero-order valence-electron chi connectivity index (χ0n) is 19.7. The molecule has 0 bridgehead atoms. The molecule has 1 fully saturated rings. The number of hydrogen-bond acceptors (Lipinski definition) is 4. The summed E-state index contributed by atoms with van der Waals surface area (Å²) < 4.78 is 3.41. The van der Waals surface area contributed by atoms with Crippen LogP contribution in [0, 0.1) is 5.41 Å². The third-order valence-electron chi connectivity index (χ3n) is 7.18. The summed E-state index contributed by atoms with van der Waals surface area (Å²) in [6, 6.07) is 17.1. The Labute approximate surface area is 203 Å². The number of thiophene rings is 1. The van der Waals surface area contributed by atoms with Crippen molar-refractivity contribution in [3.8, 4) is 0 Å². The second kappa shape index (κ2) is 9.24. The molecule has 0 saturated carbocycles. The number of nitrogens with one attached hydrogen (secondary N) is 2. The molecular formula is C27H31N5OS. The highest BCUT2D eigenvalue weighted by atomic mass is 32.1. The Balaban J connectivity index is 1.35. The first-order valence-corrected chi connectivity index (χ1v) is 12.7. The molecule has 34 heavy (non-hydrogen) atoms. The summed E-state index contributed by atoms with van der Waals surface area (Å²) in [4.78, 5) is 16.0. The van der Waals surface area contributed by atoms with Gasteiger partial charge in [-0.25, -0.2) is 0 Å². The predicted molar refractivity (Wildman–Crippen MR) is 141 cm³/mol. The van der Waals surface area contributed by atoms with Gasteiger partial charge in [0.2, 0.25) is 0 Å². The van der Waals surface area contributed by atoms with Crippen LogP contribution < -0.4 is 11.1 Å². The third kappa shape index (κ3) is 4.10. The van der Waals surface area contributed by atoms with Crippen molar-refractivity contribution in [1.29, 1.82) is 5.41 Å². The van der Waals surface area contributed by atoms with Crippen molar-refractivity contribution in [2.75, 3.05) is 13.6 Å². The van der Waals surface area contributed by atoms with Crippen LogP contribution >= 0.6 is 11.3 Å². The number of aryl methyl sites for hydroxylation is 2. The van der Waals surface area contributed by atoms with E-state index >= 15 is 0 Å². The molecule has 2 aromatic carbocycles. The Hall–Kier alpha value is -3.16. The van der Waals surface area contributed by atoms with E-state index in [4.69, 9.17) is 11.1 Å². The Bertz CT molecular complexity index is 1380. The van der Waals surface area contributed by atoms with Gasteiger partial charge in [-0.2, -0.15) is 0 Å². The first kappa shape index (κ1) is 22.6. The van der Waals surface area contributed by atoms with Gasteiger partial charge in [0.15, 0.2) is 0 Å². The molecule has 5 rings (SSSR count). The predicted octanol–water partition coefficient (Wildman–Crippen LogP) is 4.63. The van der Waals surface area contributed by atoms with Crippen molar-refractivity contribution in [1.82, 2.24) is 14.8 Å². The zero-order valence-corrected chi connectivity index (χ0v) is 20.5. The molecule has 6 nitrogen and oxygen atoms in total. The van der Waals surface area contributed by atoms with Gasteiger partial charge < -0.3 is 15.6 Å². The van der Waals surface area contributed by atoms with Gasteiger partial charge in [-0.15, -0.1) is 11.3 Å². The number of amides is 1. The normalized spacial score (nSPS) is 16.5. The van der Waals surface area contributed by atoms with Crippen LogP contribution in [-0.4, -0.2) is 40.8 Å². The fraction of sp³-hybridized carbons (Fsp3) is 0.333. The van der Waals surface area contributed by atoms with Gasteiger partial charge >= 0.3 is 0 Å². The topological polar surface area (TPSA) is 87.1 Å². The highest BCUT2D eigenvalue weighted by Crippen LogP contribution is 2.34. The molecule has 1 aliphatic rings. The van der Waals surface area contributed by atoms with Crippen LogP contribution in [0.1, 0.15) is 45.8 Å². The number of carbonyl (C=O) groups is 1. The van der Waals surface area contributed by atoms with Gasteiger partial charge in [-0.1, -0.05) is 30.3 Å². The molecule has 0 unspecified atom stereocenters. The average Bonchev–Trinajstić information content (AvgIpc) is 3.53. The second-order valence-electron chi connectivity index (χ2n) is 9.17. The van der Waals surface area contributed by atoms with E-state index in [0.717, 1.165) is 47.5 Å². The number of aromatic nitrogens is 1. The molecule has 1 amide bonds. The Morgan fingerprint density at radius 1 is 1.24 bits per heavy atom. The Morgan fingerprint density at radius 3 is 2.85 bits per heavy atom. The fourth-order valence-corrected chi connectivity index (χ4v) is 6.46. The maximum absolute atomic E-state index is 12.6. The Kier molecular flexibility index (Phi) is 6.15. The average molecular weight is 474 g/mol. The quantitative estimate of drug-likeness (QED) is 0.270. The first-order chi connectivity index (χ1) is 16.5. The molecular weight excluding hydrogens is 442 g/mol. The van der Waals surface area contributed by atoms with E-state index in [1.165, 1.54) is 34.0 Å². The lowest BCUT2D eigenvalue weighted by molar-refractivity contribution is 0.0965. The lowest BCUT2D eigenvalue weighted by atomic mass is 10.1. The fourth-order valence-electron chi connectivity index (χ4n) is 5.30. The largest absolute Gasteiger partial charge is 0.384 e. The maximum atomic E-state index is 12.6. The van der Waals surface area contributed by atoms with Crippen LogP contribution in [0.5, 0.6) is 0 Å². The van der Waals surface area contributed by atoms with Crippen LogP contribution in [0.25, 0.3) is 21.0 Å². The van der Waals surface area contributed by atoms with Crippen molar-refractivity contribution in [2.45, 2.75) is 38.3 Å². The molecule has 4 N–H and O–H groups in total. The van der Waals surface area contributed by atoms with E-state index in [9.17, 15) is 4.79 Å². The zero-order chi connectivity index (χ0) is 23.8. The molecule has 4 aromatic rings. The summed E-state index contributed by atoms with van der Waals surface area (Å²) in [6.07, 6.45) is 4.46. The summed E-state index contributed by atoms with van der Waals surface area (Å²) >= 11 is 1.59. The van der Waals surface area contributed by atoms with Gasteiger partial charge in [0, 0.05) is 48.2 Å². The van der Waals surface area contributed by atoms with E-state index in [1.807, 2.05) is 18.2 Å². The first-order valence-electron chi connectivity index (χ1n) is 11.9. The molecule has 1 saturated heterocycles. The number of nitrogens with two attached hydrogens (primary N) is 1. The summed E-state index contributed by atoms with van der Waals surface area (Å²) in [5.41, 5.74) is 10.0. The minimum Gasteiger partial charge on any atom is -0.384 e. The number of fused-ring (bicyclic) bond motifs is 2. The number of nitrogen functional groups attached to an aromatic ring is 1. The molecule has 3 heterocycles. The highest BCUT2D eigenvalue weighted by Gasteiger charge is 2.28. The third-order valence-corrected chi connectivity index (χ3v) is 8.39. The number of carbonyl (C=O) groups excluding carboxylic acids is 1. The van der Waals surface area contributed by atoms with Crippen LogP contribution in [-0.2, 0) is 20.0 Å². The summed E-state index contributed by atoms with van der Waals surface area (Å²) in [7, 11) is 3.81. The number of amidine groups is 1. The SMILES string of the molecule is CNC(=O)c1sc2ccccc2c1CN1CCC[C@H]1CCc1cc2ccc(C(=N)N)cc2n1C. The van der Waals surface area contributed by atoms with Crippen molar-refractivity contribution in [3.63, 3.8) is 0 Å². The molecule has 176 valence electrons. The Morgan fingerprint density at radius 2 is 2.06 bits per heavy atom. The molecule has 0 radical (unpaired) electrons. The van der Waals surface area contributed by atoms with Crippen molar-refractivity contribution in [3.05, 3.63) is 70.2 Å². The van der Waals surface area contributed by atoms with Crippen molar-refractivity contribution >= 4 is 44.1 Å². The highest BCUT2D eigenvalue weighted by molar-refractivity contribution is 7.21. The van der Waals surface area contributed by atoms with Gasteiger partial charge in [0.25, 0.3) is 5.91 Å². The van der Waals surface area contributed by atoms with Crippen LogP contribution in [0.4, 0.5) is 0 Å². The van der Waals surface area contributed by atoms with E-state index in [1.54, 1.807) is 18.4 Å². The monoisotopic (exact) mass is 473 g/mol. The number of rotatable bonds is 7. The molecule has 0 spiro atoms. The molecule has 7 heteroatoms. The number of hydrogen-bond donors (Lipinski definition) is 3. The minimum atomic E-state index is 0.00683. The number of nitrogens with zero attached hydrogens (tertiary/aromatic N) is 2. The van der Waals surface area contributed by atoms with E-state index in [0.29, 0.717) is 6.04 Å². The summed E-state index contributed by atoms with van der Waals surface area (Å²) in [5, 5.41) is 12.9. The lowest BCUT2D eigenvalue weighted by Gasteiger charge is -2.25. The van der Waals surface area contributed by atoms with Crippen molar-refractivity contribution < 1.29 is 4.79 Å². The molecule has 0 aliphatic carbocycles. The molecule has 1 atom stereocenters. The number of likely N-dealkylation sites (tertiary alicyclic amines) is 1. The van der Waals surface area contributed by atoms with E-state index < -0.39 is 0 Å². The summed E-state index contributed by atoms with van der Waals surface area (Å²) in [6.45, 7) is 1.88. The van der Waals surface area contributed by atoms with Gasteiger partial charge in [-0.3, -0.25) is 15.1 Å². The van der Waals surface area contributed by atoms with Gasteiger partial charge in [-0.05, 0) is 66.8 Å². The van der Waals surface area contributed by atoms with Gasteiger partial charge in [0.1, 0.15) is 5.84 Å². The van der Waals surface area contributed by atoms with Crippen LogP contribution in [0.3, 0.4) is 0 Å². The standard InChI is InChI=1S/C27H31N5OS/c1-30-27(33)25-22(21-7-3-4-8-24(21)34-25)16-32-13-5-6-19(32)11-12-20-14-17-9-10-18(26(28)29)15-23(17)31(20)2/h3-4,7-10,14-15,19H,5-6,11-13,16H2,1-2H3,(H3,28,29)(H,30,33)/t19-/m0/s1. The van der Waals surface area contributed by atoms with E-state index in [-0.39, 0.29) is 11.7 Å². The van der Waals surface area contributed by atoms with Crippen LogP contribution in [0.15, 0.2) is 48.5 Å². The smallest absolute Gasteiger partial charge is 0.261 e. The molecule has 2 aromatic heterocycles.